The Labute approximate surface area is 184 Å². The van der Waals surface area contributed by atoms with E-state index in [0.29, 0.717) is 6.08 Å². The van der Waals surface area contributed by atoms with E-state index in [2.05, 4.69) is 4.76 Å². The van der Waals surface area contributed by atoms with Crippen molar-refractivity contribution in [2.45, 2.75) is 18.3 Å². The first-order chi connectivity index (χ1) is 9.93. The summed E-state index contributed by atoms with van der Waals surface area (Å²) in [4.78, 5) is 0. The molecule has 0 saturated carbocycles. The van der Waals surface area contributed by atoms with Crippen LogP contribution in [0.4, 0.5) is 40.7 Å². The zero-order chi connectivity index (χ0) is 16.8. The van der Waals surface area contributed by atoms with Gasteiger partial charge in [0, 0.05) is 0 Å². The Morgan fingerprint density at radius 1 is 1.00 bits per heavy atom. The molecule has 0 fully saturated rings. The van der Waals surface area contributed by atoms with E-state index in [1.807, 2.05) is 0 Å². The number of hydrogen-bond acceptors (Lipinski definition) is 2. The van der Waals surface area contributed by atoms with Crippen molar-refractivity contribution in [1.82, 2.24) is 0 Å². The van der Waals surface area contributed by atoms with Gasteiger partial charge in [0.05, 0.1) is 5.69 Å². The minimum absolute atomic E-state index is 0. The van der Waals surface area contributed by atoms with Crippen molar-refractivity contribution in [1.29, 1.82) is 0 Å². The third-order valence-electron chi connectivity index (χ3n) is 2.85. The molecule has 0 bridgehead atoms. The van der Waals surface area contributed by atoms with Gasteiger partial charge < -0.3 is 13.4 Å². The molecule has 0 spiro atoms. The van der Waals surface area contributed by atoms with Crippen molar-refractivity contribution in [2.75, 3.05) is 5.06 Å². The van der Waals surface area contributed by atoms with E-state index in [1.165, 1.54) is 18.2 Å². The number of hydroxylamine groups is 1. The summed E-state index contributed by atoms with van der Waals surface area (Å²) in [5.74, 6) is 0. The molecule has 23 heavy (non-hydrogen) atoms. The van der Waals surface area contributed by atoms with Gasteiger partial charge in [0.2, 0.25) is 0 Å². The molecule has 1 unspecified atom stereocenters. The Kier molecular flexibility index (Phi) is 6.73. The van der Waals surface area contributed by atoms with Gasteiger partial charge in [-0.3, -0.25) is 5.06 Å². The number of anilines is 1. The Hall–Kier alpha value is 0.277. The summed E-state index contributed by atoms with van der Waals surface area (Å²) in [6.07, 6.45) is -9.76. The van der Waals surface area contributed by atoms with Gasteiger partial charge in [-0.15, -0.1) is 0 Å². The predicted molar refractivity (Wildman–Crippen MR) is 62.9 cm³/mol. The summed E-state index contributed by atoms with van der Waals surface area (Å²) in [5, 5.41) is -0.442. The first kappa shape index (κ1) is 21.3. The van der Waals surface area contributed by atoms with Crippen molar-refractivity contribution in [3.05, 3.63) is 35.9 Å². The number of hydrogen-bond donors (Lipinski definition) is 0. The third-order valence-corrected chi connectivity index (χ3v) is 2.85. The average Bonchev–Trinajstić information content (AvgIpc) is 2.36. The maximum absolute atomic E-state index is 13.1. The van der Waals surface area contributed by atoms with Crippen LogP contribution in [-0.2, 0) is 4.76 Å². The van der Waals surface area contributed by atoms with Gasteiger partial charge in [-0.2, -0.15) is 13.2 Å². The van der Waals surface area contributed by atoms with Crippen LogP contribution < -0.4 is 74.0 Å². The molecule has 1 aliphatic rings. The van der Waals surface area contributed by atoms with E-state index in [0.717, 1.165) is 12.1 Å². The first-order valence-corrected chi connectivity index (χ1v) is 5.83. The quantitative estimate of drug-likeness (QED) is 0.484. The van der Waals surface area contributed by atoms with Crippen LogP contribution in [0, 0.1) is 0 Å². The van der Waals surface area contributed by atoms with E-state index in [1.54, 1.807) is 0 Å². The Balaban J connectivity index is 0.00000264. The summed E-state index contributed by atoms with van der Waals surface area (Å²) in [5.41, 5.74) is -0.505. The smallest absolute Gasteiger partial charge is 0.445 e. The Morgan fingerprint density at radius 3 is 2.09 bits per heavy atom. The van der Waals surface area contributed by atoms with Gasteiger partial charge in [0.1, 0.15) is 0 Å². The SMILES string of the molecule is F[B-](F)(ON1c2ccccc2C=CC1C(F)(F)F)C(F)(F)F.[Cs+]. The second-order valence-electron chi connectivity index (χ2n) is 4.47. The van der Waals surface area contributed by atoms with Crippen LogP contribution >= 0.6 is 0 Å². The molecule has 122 valence electrons. The van der Waals surface area contributed by atoms with Gasteiger partial charge in [-0.05, 0) is 11.6 Å². The van der Waals surface area contributed by atoms with Gasteiger partial charge in [0.25, 0.3) is 0 Å². The minimum atomic E-state index is -6.50. The topological polar surface area (TPSA) is 12.5 Å². The summed E-state index contributed by atoms with van der Waals surface area (Å²) >= 11 is 0. The molecular formula is C11H7BCsF8NO. The van der Waals surface area contributed by atoms with Crippen molar-refractivity contribution in [3.63, 3.8) is 0 Å². The summed E-state index contributed by atoms with van der Waals surface area (Å²) in [7, 11) is 0. The first-order valence-electron chi connectivity index (χ1n) is 5.83. The van der Waals surface area contributed by atoms with Crippen molar-refractivity contribution < 1.29 is 109 Å². The van der Waals surface area contributed by atoms with Crippen LogP contribution in [-0.4, -0.2) is 25.2 Å². The Morgan fingerprint density at radius 2 is 1.57 bits per heavy atom. The molecule has 1 aromatic rings. The molecule has 1 aromatic carbocycles. The van der Waals surface area contributed by atoms with Crippen LogP contribution in [0.2, 0.25) is 0 Å². The normalized spacial score (nSPS) is 18.4. The summed E-state index contributed by atoms with van der Waals surface area (Å²) in [6.45, 7) is -6.50. The molecule has 2 rings (SSSR count). The standard InChI is InChI=1S/C11H7BF8NO.Cs/c13-10(14,15)9-6-5-7-3-1-2-4-8(7)21(9)22-12(19,20)11(16,17)18;/h1-6,9H;/q-1;+1. The van der Waals surface area contributed by atoms with E-state index in [4.69, 9.17) is 0 Å². The monoisotopic (exact) mass is 465 g/mol. The van der Waals surface area contributed by atoms with E-state index < -0.39 is 35.9 Å². The fourth-order valence-corrected chi connectivity index (χ4v) is 1.82. The number of halogens is 8. The van der Waals surface area contributed by atoms with Crippen molar-refractivity contribution in [3.8, 4) is 0 Å². The van der Waals surface area contributed by atoms with Gasteiger partial charge in [-0.25, -0.2) is 13.2 Å². The molecule has 2 nitrogen and oxygen atoms in total. The van der Waals surface area contributed by atoms with E-state index >= 15 is 0 Å². The maximum Gasteiger partial charge on any atom is 1.00 e. The second-order valence-corrected chi connectivity index (χ2v) is 4.47. The molecule has 0 aliphatic carbocycles. The average molecular weight is 465 g/mol. The van der Waals surface area contributed by atoms with E-state index in [-0.39, 0.29) is 74.5 Å². The van der Waals surface area contributed by atoms with Crippen LogP contribution in [0.25, 0.3) is 6.08 Å². The van der Waals surface area contributed by atoms with Crippen molar-refractivity contribution in [2.24, 2.45) is 0 Å². The molecule has 1 aliphatic heterocycles. The predicted octanol–water partition coefficient (Wildman–Crippen LogP) is 1.37. The molecule has 0 saturated heterocycles. The Bertz CT molecular complexity index is 588. The number of para-hydroxylation sites is 1. The van der Waals surface area contributed by atoms with E-state index in [9.17, 15) is 35.0 Å². The zero-order valence-corrected chi connectivity index (χ0v) is 17.8. The van der Waals surface area contributed by atoms with Crippen LogP contribution in [0.5, 0.6) is 0 Å². The van der Waals surface area contributed by atoms with Gasteiger partial charge in [0.15, 0.2) is 6.04 Å². The molecule has 0 amide bonds. The van der Waals surface area contributed by atoms with Crippen LogP contribution in [0.15, 0.2) is 30.3 Å². The second kappa shape index (κ2) is 7.26. The summed E-state index contributed by atoms with van der Waals surface area (Å²) < 4.78 is 105. The van der Waals surface area contributed by atoms with Gasteiger partial charge in [-0.1, -0.05) is 30.4 Å². The van der Waals surface area contributed by atoms with Crippen molar-refractivity contribution >= 4 is 18.7 Å². The number of alkyl halides is 6. The minimum Gasteiger partial charge on any atom is -0.445 e. The maximum atomic E-state index is 13.1. The van der Waals surface area contributed by atoms with Crippen LogP contribution in [0.3, 0.4) is 0 Å². The molecule has 1 atom stereocenters. The molecular weight excluding hydrogens is 458 g/mol. The molecule has 12 heteroatoms. The molecule has 0 N–H and O–H groups in total. The number of benzene rings is 1. The zero-order valence-electron chi connectivity index (χ0n) is 11.5. The number of rotatable bonds is 2. The fraction of sp³-hybridized carbons (Fsp3) is 0.273. The third kappa shape index (κ3) is 4.67. The number of fused-ring (bicyclic) bond motifs is 1. The van der Waals surface area contributed by atoms with Crippen LogP contribution in [0.1, 0.15) is 5.56 Å². The molecule has 0 aromatic heterocycles. The fourth-order valence-electron chi connectivity index (χ4n) is 1.82. The molecule has 1 heterocycles. The molecule has 0 radical (unpaired) electrons. The largest absolute Gasteiger partial charge is 1.00 e. The van der Waals surface area contributed by atoms with Gasteiger partial charge >= 0.3 is 88.0 Å². The number of nitrogens with zero attached hydrogens (tertiary/aromatic N) is 1. The summed E-state index contributed by atoms with van der Waals surface area (Å²) in [6, 6.07) is 2.05.